The summed E-state index contributed by atoms with van der Waals surface area (Å²) in [6, 6.07) is 13.2. The van der Waals surface area contributed by atoms with Crippen LogP contribution in [-0.4, -0.2) is 47.4 Å². The number of nitrogens with one attached hydrogen (secondary N) is 1. The first-order valence-electron chi connectivity index (χ1n) is 11.7. The average molecular weight is 514 g/mol. The summed E-state index contributed by atoms with van der Waals surface area (Å²) in [5.74, 6) is 1.32. The van der Waals surface area contributed by atoms with Gasteiger partial charge in [0, 0.05) is 22.6 Å². The van der Waals surface area contributed by atoms with Gasteiger partial charge in [-0.05, 0) is 55.6 Å². The summed E-state index contributed by atoms with van der Waals surface area (Å²) in [5.41, 5.74) is 1.29. The number of carbonyl (C=O) groups excluding carboxylic acids is 1. The summed E-state index contributed by atoms with van der Waals surface area (Å²) in [4.78, 5) is 20.9. The van der Waals surface area contributed by atoms with E-state index in [9.17, 15) is 9.90 Å². The molecule has 2 aromatic carbocycles. The lowest BCUT2D eigenvalue weighted by Gasteiger charge is -2.29. The van der Waals surface area contributed by atoms with Gasteiger partial charge in [0.25, 0.3) is 0 Å². The first kappa shape index (κ1) is 24.1. The maximum Gasteiger partial charge on any atom is 0.236 e. The molecule has 184 valence electrons. The number of benzene rings is 2. The molecule has 1 aromatic heterocycles. The van der Waals surface area contributed by atoms with Crippen molar-refractivity contribution in [2.75, 3.05) is 25.7 Å². The maximum absolute atomic E-state index is 13.3. The van der Waals surface area contributed by atoms with E-state index >= 15 is 0 Å². The molecule has 2 atom stereocenters. The number of aromatic nitrogens is 1. The van der Waals surface area contributed by atoms with Gasteiger partial charge in [-0.15, -0.1) is 0 Å². The molecule has 2 aliphatic rings. The normalized spacial score (nSPS) is 17.3. The summed E-state index contributed by atoms with van der Waals surface area (Å²) in [6.07, 6.45) is 3.54. The number of aliphatic hydroxyl groups excluding tert-OH is 1. The van der Waals surface area contributed by atoms with Gasteiger partial charge in [-0.3, -0.25) is 9.69 Å². The highest BCUT2D eigenvalue weighted by Crippen LogP contribution is 2.51. The van der Waals surface area contributed by atoms with Crippen LogP contribution in [0.5, 0.6) is 11.5 Å². The Morgan fingerprint density at radius 2 is 2.03 bits per heavy atom. The number of fused-ring (bicyclic) bond motifs is 1. The molecule has 3 aromatic rings. The van der Waals surface area contributed by atoms with Crippen molar-refractivity contribution in [3.8, 4) is 11.5 Å². The lowest BCUT2D eigenvalue weighted by atomic mass is 9.94. The maximum atomic E-state index is 13.3. The van der Waals surface area contributed by atoms with Crippen LogP contribution in [0, 0.1) is 0 Å². The smallest absolute Gasteiger partial charge is 0.236 e. The van der Waals surface area contributed by atoms with Gasteiger partial charge in [0.1, 0.15) is 0 Å². The summed E-state index contributed by atoms with van der Waals surface area (Å²) in [7, 11) is 1.96. The molecular weight excluding hydrogens is 486 g/mol. The highest BCUT2D eigenvalue weighted by atomic mass is 35.5. The zero-order valence-electron chi connectivity index (χ0n) is 19.7. The number of rotatable bonds is 9. The van der Waals surface area contributed by atoms with Crippen molar-refractivity contribution >= 4 is 34.0 Å². The number of halogens is 1. The van der Waals surface area contributed by atoms with Crippen LogP contribution >= 0.6 is 22.9 Å². The Bertz CT molecular complexity index is 1230. The number of hydrogen-bond acceptors (Lipinski definition) is 7. The highest BCUT2D eigenvalue weighted by molar-refractivity contribution is 7.15. The number of likely N-dealkylation sites (N-methyl/N-ethyl adjacent to an activating group) is 1. The minimum atomic E-state index is -0.572. The summed E-state index contributed by atoms with van der Waals surface area (Å²) >= 11 is 7.98. The molecule has 2 heterocycles. The van der Waals surface area contributed by atoms with E-state index in [0.29, 0.717) is 34.6 Å². The summed E-state index contributed by atoms with van der Waals surface area (Å²) in [6.45, 7) is 2.65. The molecule has 1 aliphatic heterocycles. The first-order chi connectivity index (χ1) is 16.9. The van der Waals surface area contributed by atoms with E-state index < -0.39 is 11.5 Å². The average Bonchev–Trinajstić information content (AvgIpc) is 3.32. The van der Waals surface area contributed by atoms with Crippen molar-refractivity contribution in [3.05, 3.63) is 69.7 Å². The first-order valence-corrected chi connectivity index (χ1v) is 12.9. The fourth-order valence-electron chi connectivity index (χ4n) is 4.53. The zero-order valence-corrected chi connectivity index (χ0v) is 21.2. The number of anilines is 1. The Balaban J connectivity index is 1.37. The molecule has 1 aliphatic carbocycles. The van der Waals surface area contributed by atoms with E-state index in [1.807, 2.05) is 56.4 Å². The van der Waals surface area contributed by atoms with Crippen molar-refractivity contribution in [2.24, 2.45) is 0 Å². The number of amides is 1. The predicted octanol–water partition coefficient (Wildman–Crippen LogP) is 4.99. The molecule has 0 bridgehead atoms. The molecule has 0 saturated heterocycles. The van der Waals surface area contributed by atoms with E-state index in [4.69, 9.17) is 21.1 Å². The molecule has 2 unspecified atom stereocenters. The van der Waals surface area contributed by atoms with Crippen molar-refractivity contribution in [1.82, 2.24) is 9.88 Å². The standard InChI is InChI=1S/C26H28ClN3O4S/c1-3-17(31)14-30(2)23(18-6-4-5-7-19(18)27)22-13-28-25(35-22)29-24(32)26(10-11-26)16-8-9-20-21(12-16)34-15-33-20/h4-9,12-13,17,23,31H,3,10-11,14-15H2,1-2H3,(H,28,29,32). The third-order valence-corrected chi connectivity index (χ3v) is 8.04. The van der Waals surface area contributed by atoms with E-state index in [1.165, 1.54) is 11.3 Å². The lowest BCUT2D eigenvalue weighted by Crippen LogP contribution is -2.32. The van der Waals surface area contributed by atoms with E-state index in [-0.39, 0.29) is 18.7 Å². The highest BCUT2D eigenvalue weighted by Gasteiger charge is 2.52. The van der Waals surface area contributed by atoms with Gasteiger partial charge >= 0.3 is 0 Å². The fourth-order valence-corrected chi connectivity index (χ4v) is 5.76. The Hall–Kier alpha value is -2.65. The summed E-state index contributed by atoms with van der Waals surface area (Å²) in [5, 5.41) is 14.5. The Kier molecular flexibility index (Phi) is 6.72. The number of aliphatic hydroxyl groups is 1. The van der Waals surface area contributed by atoms with Gasteiger partial charge < -0.3 is 19.9 Å². The molecule has 1 fully saturated rings. The Morgan fingerprint density at radius 1 is 1.26 bits per heavy atom. The van der Waals surface area contributed by atoms with Crippen molar-refractivity contribution in [1.29, 1.82) is 0 Å². The van der Waals surface area contributed by atoms with Crippen LogP contribution in [0.1, 0.15) is 48.2 Å². The Morgan fingerprint density at radius 3 is 2.77 bits per heavy atom. The molecule has 9 heteroatoms. The van der Waals surface area contributed by atoms with Gasteiger partial charge in [-0.2, -0.15) is 0 Å². The monoisotopic (exact) mass is 513 g/mol. The second-order valence-corrected chi connectivity index (χ2v) is 10.6. The van der Waals surface area contributed by atoms with Crippen molar-refractivity contribution in [2.45, 2.75) is 43.7 Å². The third kappa shape index (κ3) is 4.76. The second-order valence-electron chi connectivity index (χ2n) is 9.10. The number of thiazole rings is 1. The molecule has 35 heavy (non-hydrogen) atoms. The van der Waals surface area contributed by atoms with Gasteiger partial charge in [-0.25, -0.2) is 4.98 Å². The molecule has 7 nitrogen and oxygen atoms in total. The molecular formula is C26H28ClN3O4S. The van der Waals surface area contributed by atoms with Crippen molar-refractivity contribution in [3.63, 3.8) is 0 Å². The minimum absolute atomic E-state index is 0.0682. The van der Waals surface area contributed by atoms with E-state index in [0.717, 1.165) is 28.8 Å². The third-order valence-electron chi connectivity index (χ3n) is 6.73. The van der Waals surface area contributed by atoms with Crippen LogP contribution < -0.4 is 14.8 Å². The number of ether oxygens (including phenoxy) is 2. The number of carbonyl (C=O) groups is 1. The quantitative estimate of drug-likeness (QED) is 0.419. The molecule has 1 amide bonds. The molecule has 0 radical (unpaired) electrons. The molecule has 1 saturated carbocycles. The predicted molar refractivity (Wildman–Crippen MR) is 136 cm³/mol. The van der Waals surface area contributed by atoms with Gasteiger partial charge in [0.2, 0.25) is 12.7 Å². The van der Waals surface area contributed by atoms with Crippen molar-refractivity contribution < 1.29 is 19.4 Å². The van der Waals surface area contributed by atoms with Gasteiger partial charge in [-0.1, -0.05) is 54.1 Å². The van der Waals surface area contributed by atoms with E-state index in [2.05, 4.69) is 15.2 Å². The fraction of sp³-hybridized carbons (Fsp3) is 0.385. The second kappa shape index (κ2) is 9.78. The van der Waals surface area contributed by atoms with Crippen LogP contribution in [0.15, 0.2) is 48.7 Å². The SMILES string of the molecule is CCC(O)CN(C)C(c1cnc(NC(=O)C2(c3ccc4c(c3)OCO4)CC2)s1)c1ccccc1Cl. The lowest BCUT2D eigenvalue weighted by molar-refractivity contribution is -0.118. The molecule has 2 N–H and O–H groups in total. The van der Waals surface area contributed by atoms with Gasteiger partial charge in [0.15, 0.2) is 16.6 Å². The minimum Gasteiger partial charge on any atom is -0.454 e. The van der Waals surface area contributed by atoms with Crippen LogP contribution in [0.2, 0.25) is 5.02 Å². The number of nitrogens with zero attached hydrogens (tertiary/aromatic N) is 2. The van der Waals surface area contributed by atoms with Crippen LogP contribution in [0.3, 0.4) is 0 Å². The van der Waals surface area contributed by atoms with Crippen LogP contribution in [0.4, 0.5) is 5.13 Å². The van der Waals surface area contributed by atoms with Gasteiger partial charge in [0.05, 0.1) is 17.6 Å². The topological polar surface area (TPSA) is 83.9 Å². The number of hydrogen-bond donors (Lipinski definition) is 2. The Labute approximate surface area is 213 Å². The zero-order chi connectivity index (χ0) is 24.6. The van der Waals surface area contributed by atoms with Crippen LogP contribution in [0.25, 0.3) is 0 Å². The van der Waals surface area contributed by atoms with E-state index in [1.54, 1.807) is 6.20 Å². The molecule has 0 spiro atoms. The molecule has 5 rings (SSSR count). The van der Waals surface area contributed by atoms with Crippen LogP contribution in [-0.2, 0) is 10.2 Å². The summed E-state index contributed by atoms with van der Waals surface area (Å²) < 4.78 is 10.9. The largest absolute Gasteiger partial charge is 0.454 e.